The van der Waals surface area contributed by atoms with Crippen molar-refractivity contribution in [1.29, 1.82) is 0 Å². The van der Waals surface area contributed by atoms with Crippen LogP contribution in [-0.2, 0) is 4.79 Å². The molecule has 0 bridgehead atoms. The highest BCUT2D eigenvalue weighted by Gasteiger charge is 2.18. The monoisotopic (exact) mass is 587 g/mol. The van der Waals surface area contributed by atoms with Crippen LogP contribution in [0.5, 0.6) is 5.75 Å². The molecule has 3 aromatic carbocycles. The summed E-state index contributed by atoms with van der Waals surface area (Å²) in [5.41, 5.74) is 1.81. The lowest BCUT2D eigenvalue weighted by Crippen LogP contribution is -2.31. The van der Waals surface area contributed by atoms with Gasteiger partial charge < -0.3 is 15.4 Å². The molecule has 3 rings (SSSR count). The number of non-ortho nitro benzene ring substituents is 1. The van der Waals surface area contributed by atoms with Gasteiger partial charge in [0, 0.05) is 26.8 Å². The number of carbonyl (C=O) groups is 2. The van der Waals surface area contributed by atoms with E-state index in [9.17, 15) is 19.7 Å². The molecule has 0 saturated heterocycles. The van der Waals surface area contributed by atoms with Crippen molar-refractivity contribution in [2.24, 2.45) is 0 Å². The Morgan fingerprint density at radius 1 is 1.03 bits per heavy atom. The molecule has 0 aromatic heterocycles. The summed E-state index contributed by atoms with van der Waals surface area (Å²) in [7, 11) is 1.48. The number of anilines is 1. The summed E-state index contributed by atoms with van der Waals surface area (Å²) in [4.78, 5) is 36.8. The molecule has 2 amide bonds. The van der Waals surface area contributed by atoms with Gasteiger partial charge in [0.05, 0.1) is 17.6 Å². The number of benzene rings is 3. The highest BCUT2D eigenvalue weighted by Crippen LogP contribution is 2.24. The Labute approximate surface area is 212 Å². The average molecular weight is 589 g/mol. The lowest BCUT2D eigenvalue weighted by molar-refractivity contribution is -0.384. The van der Waals surface area contributed by atoms with Crippen LogP contribution in [0.1, 0.15) is 21.5 Å². The van der Waals surface area contributed by atoms with Crippen LogP contribution < -0.4 is 15.4 Å². The third kappa shape index (κ3) is 6.30. The standard InChI is InChI=1S/C24H19Br2N3O5/c1-14-10-16(6-8-20(14)25)27-24(31)22(12-15-4-3-5-17(11-15)29(32)33)28-23(30)19-13-18(34-2)7-9-21(19)26/h3-13H,1-2H3,(H,27,31)(H,28,30)/b22-12-. The number of ether oxygens (including phenoxy) is 1. The molecule has 0 heterocycles. The van der Waals surface area contributed by atoms with Gasteiger partial charge in [-0.2, -0.15) is 0 Å². The minimum Gasteiger partial charge on any atom is -0.497 e. The van der Waals surface area contributed by atoms with Crippen molar-refractivity contribution in [3.8, 4) is 5.75 Å². The van der Waals surface area contributed by atoms with Gasteiger partial charge in [0.2, 0.25) is 0 Å². The molecular formula is C24H19Br2N3O5. The Kier molecular flexibility index (Phi) is 8.19. The number of halogens is 2. The smallest absolute Gasteiger partial charge is 0.272 e. The van der Waals surface area contributed by atoms with Gasteiger partial charge in [-0.15, -0.1) is 0 Å². The number of rotatable bonds is 7. The van der Waals surface area contributed by atoms with Crippen molar-refractivity contribution < 1.29 is 19.2 Å². The molecule has 0 radical (unpaired) electrons. The second kappa shape index (κ2) is 11.1. The first-order chi connectivity index (χ1) is 16.2. The maximum absolute atomic E-state index is 13.1. The summed E-state index contributed by atoms with van der Waals surface area (Å²) in [5, 5.41) is 16.5. The Morgan fingerprint density at radius 3 is 2.44 bits per heavy atom. The van der Waals surface area contributed by atoms with Crippen LogP contribution in [0.3, 0.4) is 0 Å². The van der Waals surface area contributed by atoms with Crippen LogP contribution in [0.2, 0.25) is 0 Å². The number of aryl methyl sites for hydroxylation is 1. The maximum atomic E-state index is 13.1. The van der Waals surface area contributed by atoms with Gasteiger partial charge in [-0.05, 0) is 76.5 Å². The number of hydrogen-bond donors (Lipinski definition) is 2. The van der Waals surface area contributed by atoms with Gasteiger partial charge in [-0.3, -0.25) is 19.7 Å². The molecule has 3 aromatic rings. The fraction of sp³-hybridized carbons (Fsp3) is 0.0833. The third-order valence-electron chi connectivity index (χ3n) is 4.72. The second-order valence-corrected chi connectivity index (χ2v) is 8.84. The van der Waals surface area contributed by atoms with Crippen molar-refractivity contribution in [3.05, 3.63) is 102 Å². The van der Waals surface area contributed by atoms with E-state index >= 15 is 0 Å². The van der Waals surface area contributed by atoms with Crippen LogP contribution in [-0.4, -0.2) is 23.8 Å². The molecular weight excluding hydrogens is 570 g/mol. The van der Waals surface area contributed by atoms with Crippen LogP contribution >= 0.6 is 31.9 Å². The van der Waals surface area contributed by atoms with Crippen LogP contribution in [0, 0.1) is 17.0 Å². The van der Waals surface area contributed by atoms with E-state index in [1.165, 1.54) is 37.5 Å². The van der Waals surface area contributed by atoms with E-state index in [1.54, 1.807) is 36.4 Å². The van der Waals surface area contributed by atoms with Crippen molar-refractivity contribution in [3.63, 3.8) is 0 Å². The fourth-order valence-electron chi connectivity index (χ4n) is 2.97. The van der Waals surface area contributed by atoms with Gasteiger partial charge in [0.1, 0.15) is 11.4 Å². The molecule has 174 valence electrons. The van der Waals surface area contributed by atoms with E-state index in [2.05, 4.69) is 42.5 Å². The van der Waals surface area contributed by atoms with Gasteiger partial charge >= 0.3 is 0 Å². The van der Waals surface area contributed by atoms with E-state index in [-0.39, 0.29) is 16.9 Å². The van der Waals surface area contributed by atoms with Crippen molar-refractivity contribution in [1.82, 2.24) is 5.32 Å². The molecule has 0 unspecified atom stereocenters. The predicted molar refractivity (Wildman–Crippen MR) is 137 cm³/mol. The third-order valence-corrected chi connectivity index (χ3v) is 6.30. The number of hydrogen-bond acceptors (Lipinski definition) is 5. The molecule has 0 aliphatic rings. The topological polar surface area (TPSA) is 111 Å². The molecule has 2 N–H and O–H groups in total. The zero-order valence-electron chi connectivity index (χ0n) is 18.1. The number of carbonyl (C=O) groups excluding carboxylic acids is 2. The summed E-state index contributed by atoms with van der Waals surface area (Å²) in [6, 6.07) is 15.9. The minimum absolute atomic E-state index is 0.0965. The summed E-state index contributed by atoms with van der Waals surface area (Å²) >= 11 is 6.75. The molecule has 0 atom stereocenters. The lowest BCUT2D eigenvalue weighted by atomic mass is 10.1. The highest BCUT2D eigenvalue weighted by atomic mass is 79.9. The summed E-state index contributed by atoms with van der Waals surface area (Å²) < 4.78 is 6.57. The number of nitro groups is 1. The molecule has 34 heavy (non-hydrogen) atoms. The largest absolute Gasteiger partial charge is 0.497 e. The first-order valence-electron chi connectivity index (χ1n) is 9.86. The quantitative estimate of drug-likeness (QED) is 0.204. The summed E-state index contributed by atoms with van der Waals surface area (Å²) in [6.45, 7) is 1.88. The minimum atomic E-state index is -0.597. The van der Waals surface area contributed by atoms with E-state index in [0.717, 1.165) is 10.0 Å². The Hall–Kier alpha value is -3.50. The maximum Gasteiger partial charge on any atom is 0.272 e. The van der Waals surface area contributed by atoms with Gasteiger partial charge in [0.15, 0.2) is 0 Å². The van der Waals surface area contributed by atoms with Crippen molar-refractivity contribution in [2.75, 3.05) is 12.4 Å². The zero-order valence-corrected chi connectivity index (χ0v) is 21.3. The van der Waals surface area contributed by atoms with Gasteiger partial charge in [-0.1, -0.05) is 28.1 Å². The highest BCUT2D eigenvalue weighted by molar-refractivity contribution is 9.10. The number of amides is 2. The Morgan fingerprint density at radius 2 is 1.76 bits per heavy atom. The lowest BCUT2D eigenvalue weighted by Gasteiger charge is -2.13. The first kappa shape index (κ1) is 25.1. The average Bonchev–Trinajstić information content (AvgIpc) is 2.81. The van der Waals surface area contributed by atoms with Gasteiger partial charge in [-0.25, -0.2) is 0 Å². The van der Waals surface area contributed by atoms with E-state index < -0.39 is 16.7 Å². The van der Waals surface area contributed by atoms with Crippen molar-refractivity contribution >= 4 is 61.1 Å². The Bertz CT molecular complexity index is 1310. The zero-order chi connectivity index (χ0) is 24.8. The molecule has 0 fully saturated rings. The van der Waals surface area contributed by atoms with E-state index in [0.29, 0.717) is 21.5 Å². The Balaban J connectivity index is 1.98. The van der Waals surface area contributed by atoms with E-state index in [4.69, 9.17) is 4.74 Å². The number of nitro benzene ring substituents is 1. The van der Waals surface area contributed by atoms with Crippen molar-refractivity contribution in [2.45, 2.75) is 6.92 Å². The summed E-state index contributed by atoms with van der Waals surface area (Å²) in [6.07, 6.45) is 1.38. The molecule has 8 nitrogen and oxygen atoms in total. The fourth-order valence-corrected chi connectivity index (χ4v) is 3.64. The normalized spacial score (nSPS) is 11.0. The van der Waals surface area contributed by atoms with Crippen LogP contribution in [0.4, 0.5) is 11.4 Å². The molecule has 0 aliphatic heterocycles. The number of methoxy groups -OCH3 is 1. The molecule has 0 aliphatic carbocycles. The van der Waals surface area contributed by atoms with Crippen LogP contribution in [0.25, 0.3) is 6.08 Å². The summed E-state index contributed by atoms with van der Waals surface area (Å²) in [5.74, 6) is -0.697. The molecule has 0 spiro atoms. The first-order valence-corrected chi connectivity index (χ1v) is 11.4. The molecule has 0 saturated carbocycles. The van der Waals surface area contributed by atoms with E-state index in [1.807, 2.05) is 6.92 Å². The number of nitrogens with one attached hydrogen (secondary N) is 2. The van der Waals surface area contributed by atoms with Gasteiger partial charge in [0.25, 0.3) is 17.5 Å². The molecule has 10 heteroatoms. The number of nitrogens with zero attached hydrogens (tertiary/aromatic N) is 1. The SMILES string of the molecule is COc1ccc(Br)c(C(=O)N/C(=C\c2cccc([N+](=O)[O-])c2)C(=O)Nc2ccc(Br)c(C)c2)c1. The van der Waals surface area contributed by atoms with Crippen LogP contribution in [0.15, 0.2) is 75.3 Å². The second-order valence-electron chi connectivity index (χ2n) is 7.13. The predicted octanol–water partition coefficient (Wildman–Crippen LogP) is 5.85.